The number of hydrogen-bond acceptors (Lipinski definition) is 7. The van der Waals surface area contributed by atoms with Crippen LogP contribution >= 0.6 is 23.1 Å². The number of fused-ring (bicyclic) bond motifs is 1. The molecule has 0 saturated carbocycles. The van der Waals surface area contributed by atoms with Gasteiger partial charge in [-0.25, -0.2) is 18.4 Å². The molecular weight excluding hydrogens is 366 g/mol. The lowest BCUT2D eigenvalue weighted by Gasteiger charge is -2.29. The maximum atomic E-state index is 12.8. The van der Waals surface area contributed by atoms with E-state index in [-0.39, 0.29) is 28.7 Å². The van der Waals surface area contributed by atoms with Crippen LogP contribution in [0.15, 0.2) is 22.8 Å². The number of nitrogens with zero attached hydrogens (tertiary/aromatic N) is 3. The Balaban J connectivity index is 1.75. The van der Waals surface area contributed by atoms with Crippen LogP contribution in [0.5, 0.6) is 0 Å². The Hall–Kier alpha value is -1.19. The van der Waals surface area contributed by atoms with Crippen LogP contribution in [0.4, 0.5) is 0 Å². The second kappa shape index (κ2) is 6.97. The smallest absolute Gasteiger partial charge is 0.236 e. The van der Waals surface area contributed by atoms with Crippen LogP contribution in [0.25, 0.3) is 10.2 Å². The van der Waals surface area contributed by atoms with Crippen LogP contribution in [-0.2, 0) is 14.6 Å². The molecule has 1 aliphatic heterocycles. The van der Waals surface area contributed by atoms with Crippen molar-refractivity contribution in [2.24, 2.45) is 0 Å². The van der Waals surface area contributed by atoms with E-state index >= 15 is 0 Å². The standard InChI is InChI=1S/C15H19N3O3S3/c1-3-18(11-5-7-24(20,21)8-11)15(19)10(2)23-14-12-4-6-22-13(12)16-9-17-14/h4,6,9-11H,3,5,7-8H2,1-2H3/t10-,11+/m1/s1. The fraction of sp³-hybridized carbons (Fsp3) is 0.533. The van der Waals surface area contributed by atoms with Crippen molar-refractivity contribution in [3.05, 3.63) is 17.8 Å². The predicted molar refractivity (Wildman–Crippen MR) is 97.2 cm³/mol. The van der Waals surface area contributed by atoms with Crippen molar-refractivity contribution in [2.75, 3.05) is 18.1 Å². The molecule has 1 aliphatic rings. The monoisotopic (exact) mass is 385 g/mol. The SMILES string of the molecule is CCN(C(=O)[C@@H](C)Sc1ncnc2sccc12)[C@H]1CCS(=O)(=O)C1. The van der Waals surface area contributed by atoms with Gasteiger partial charge in [0.2, 0.25) is 5.91 Å². The molecule has 6 nitrogen and oxygen atoms in total. The second-order valence-electron chi connectivity index (χ2n) is 5.76. The molecule has 0 aliphatic carbocycles. The summed E-state index contributed by atoms with van der Waals surface area (Å²) in [5, 5.41) is 3.37. The second-order valence-corrected chi connectivity index (χ2v) is 10.2. The molecule has 0 radical (unpaired) electrons. The third-order valence-electron chi connectivity index (χ3n) is 4.13. The Morgan fingerprint density at radius 3 is 2.96 bits per heavy atom. The van der Waals surface area contributed by atoms with Crippen molar-refractivity contribution in [1.82, 2.24) is 14.9 Å². The third kappa shape index (κ3) is 3.57. The van der Waals surface area contributed by atoms with E-state index in [1.54, 1.807) is 16.2 Å². The molecular formula is C15H19N3O3S3. The van der Waals surface area contributed by atoms with Crippen molar-refractivity contribution in [3.8, 4) is 0 Å². The normalized spacial score (nSPS) is 21.0. The molecule has 24 heavy (non-hydrogen) atoms. The number of amides is 1. The summed E-state index contributed by atoms with van der Waals surface area (Å²) in [5.74, 6) is 0.211. The van der Waals surface area contributed by atoms with Crippen molar-refractivity contribution in [1.29, 1.82) is 0 Å². The van der Waals surface area contributed by atoms with E-state index in [1.807, 2.05) is 25.3 Å². The maximum absolute atomic E-state index is 12.8. The number of sulfone groups is 1. The molecule has 3 heterocycles. The largest absolute Gasteiger partial charge is 0.338 e. The molecule has 9 heteroatoms. The summed E-state index contributed by atoms with van der Waals surface area (Å²) < 4.78 is 23.4. The minimum Gasteiger partial charge on any atom is -0.338 e. The molecule has 0 bridgehead atoms. The Bertz CT molecular complexity index is 850. The first kappa shape index (κ1) is 17.6. The number of thiophene rings is 1. The molecule has 1 fully saturated rings. The predicted octanol–water partition coefficient (Wildman–Crippen LogP) is 2.21. The van der Waals surface area contributed by atoms with E-state index in [9.17, 15) is 13.2 Å². The van der Waals surface area contributed by atoms with E-state index < -0.39 is 9.84 Å². The number of carbonyl (C=O) groups excluding carboxylic acids is 1. The van der Waals surface area contributed by atoms with Gasteiger partial charge in [-0.1, -0.05) is 11.8 Å². The Labute approximate surface area is 149 Å². The molecule has 2 aromatic heterocycles. The quantitative estimate of drug-likeness (QED) is 0.580. The number of rotatable bonds is 5. The van der Waals surface area contributed by atoms with E-state index in [4.69, 9.17) is 0 Å². The Morgan fingerprint density at radius 2 is 2.29 bits per heavy atom. The molecule has 0 aromatic carbocycles. The topological polar surface area (TPSA) is 80.2 Å². The van der Waals surface area contributed by atoms with E-state index in [1.165, 1.54) is 18.1 Å². The molecule has 130 valence electrons. The number of carbonyl (C=O) groups is 1. The highest BCUT2D eigenvalue weighted by molar-refractivity contribution is 8.00. The van der Waals surface area contributed by atoms with Crippen molar-refractivity contribution in [3.63, 3.8) is 0 Å². The summed E-state index contributed by atoms with van der Waals surface area (Å²) >= 11 is 2.94. The van der Waals surface area contributed by atoms with E-state index in [0.29, 0.717) is 13.0 Å². The summed E-state index contributed by atoms with van der Waals surface area (Å²) in [6, 6.07) is 1.75. The van der Waals surface area contributed by atoms with Crippen LogP contribution in [0.3, 0.4) is 0 Å². The van der Waals surface area contributed by atoms with Gasteiger partial charge in [0.15, 0.2) is 9.84 Å². The highest BCUT2D eigenvalue weighted by Gasteiger charge is 2.35. The van der Waals surface area contributed by atoms with Gasteiger partial charge in [0.25, 0.3) is 0 Å². The fourth-order valence-corrected chi connectivity index (χ4v) is 6.43. The zero-order valence-corrected chi connectivity index (χ0v) is 16.0. The van der Waals surface area contributed by atoms with Gasteiger partial charge in [0.1, 0.15) is 16.2 Å². The highest BCUT2D eigenvalue weighted by Crippen LogP contribution is 2.31. The van der Waals surface area contributed by atoms with E-state index in [2.05, 4.69) is 9.97 Å². The Morgan fingerprint density at radius 1 is 1.50 bits per heavy atom. The van der Waals surface area contributed by atoms with Gasteiger partial charge >= 0.3 is 0 Å². The fourth-order valence-electron chi connectivity index (χ4n) is 2.93. The van der Waals surface area contributed by atoms with Crippen LogP contribution in [0.2, 0.25) is 0 Å². The summed E-state index contributed by atoms with van der Waals surface area (Å²) in [5.41, 5.74) is 0. The molecule has 2 aromatic rings. The van der Waals surface area contributed by atoms with Gasteiger partial charge < -0.3 is 4.90 Å². The van der Waals surface area contributed by atoms with Crippen molar-refractivity contribution >= 4 is 49.1 Å². The zero-order chi connectivity index (χ0) is 17.3. The first-order chi connectivity index (χ1) is 11.4. The molecule has 2 atom stereocenters. The maximum Gasteiger partial charge on any atom is 0.236 e. The lowest BCUT2D eigenvalue weighted by atomic mass is 10.2. The lowest BCUT2D eigenvalue weighted by Crippen LogP contribution is -2.44. The molecule has 1 saturated heterocycles. The average Bonchev–Trinajstić information content (AvgIpc) is 3.15. The first-order valence-corrected chi connectivity index (χ1v) is 11.3. The molecule has 0 spiro atoms. The van der Waals surface area contributed by atoms with Gasteiger partial charge in [0, 0.05) is 18.0 Å². The number of thioether (sulfide) groups is 1. The molecule has 1 amide bonds. The van der Waals surface area contributed by atoms with Crippen LogP contribution in [0.1, 0.15) is 20.3 Å². The van der Waals surface area contributed by atoms with Crippen LogP contribution in [-0.4, -0.2) is 58.5 Å². The summed E-state index contributed by atoms with van der Waals surface area (Å²) in [7, 11) is -3.01. The van der Waals surface area contributed by atoms with Gasteiger partial charge in [-0.3, -0.25) is 4.79 Å². The van der Waals surface area contributed by atoms with Gasteiger partial charge in [0.05, 0.1) is 16.8 Å². The highest BCUT2D eigenvalue weighted by atomic mass is 32.2. The van der Waals surface area contributed by atoms with Gasteiger partial charge in [-0.05, 0) is 31.7 Å². The van der Waals surface area contributed by atoms with Crippen molar-refractivity contribution in [2.45, 2.75) is 36.6 Å². The third-order valence-corrected chi connectivity index (χ3v) is 7.81. The summed E-state index contributed by atoms with van der Waals surface area (Å²) in [6.07, 6.45) is 2.04. The number of aromatic nitrogens is 2. The van der Waals surface area contributed by atoms with Crippen LogP contribution < -0.4 is 0 Å². The molecule has 3 rings (SSSR count). The van der Waals surface area contributed by atoms with Crippen LogP contribution in [0, 0.1) is 0 Å². The minimum absolute atomic E-state index is 0.0356. The zero-order valence-electron chi connectivity index (χ0n) is 13.5. The summed E-state index contributed by atoms with van der Waals surface area (Å²) in [4.78, 5) is 23.9. The average molecular weight is 386 g/mol. The molecule has 0 N–H and O–H groups in total. The van der Waals surface area contributed by atoms with E-state index in [0.717, 1.165) is 15.2 Å². The molecule has 0 unspecified atom stereocenters. The first-order valence-electron chi connectivity index (χ1n) is 7.77. The van der Waals surface area contributed by atoms with Gasteiger partial charge in [-0.15, -0.1) is 11.3 Å². The van der Waals surface area contributed by atoms with Crippen molar-refractivity contribution < 1.29 is 13.2 Å². The minimum atomic E-state index is -3.01. The van der Waals surface area contributed by atoms with Gasteiger partial charge in [-0.2, -0.15) is 0 Å². The lowest BCUT2D eigenvalue weighted by molar-refractivity contribution is -0.131. The summed E-state index contributed by atoms with van der Waals surface area (Å²) in [6.45, 7) is 4.25. The Kier molecular flexibility index (Phi) is 5.12. The number of hydrogen-bond donors (Lipinski definition) is 0.